The van der Waals surface area contributed by atoms with E-state index in [1.807, 2.05) is 0 Å². The van der Waals surface area contributed by atoms with Crippen LogP contribution >= 0.6 is 0 Å². The van der Waals surface area contributed by atoms with E-state index >= 15 is 0 Å². The van der Waals surface area contributed by atoms with Crippen LogP contribution in [0.5, 0.6) is 0 Å². The molecule has 1 fully saturated rings. The minimum absolute atomic E-state index is 0. The third kappa shape index (κ3) is 3.30. The summed E-state index contributed by atoms with van der Waals surface area (Å²) in [5.41, 5.74) is -1.07. The molecule has 2 rings (SSSR count). The molecule has 1 aromatic rings. The number of aliphatic hydroxyl groups excluding tert-OH is 1. The molecule has 4 amide bonds. The molecule has 0 radical (unpaired) electrons. The fraction of sp³-hybridized carbons (Fsp3) is 0.308. The standard InChI is InChI=1S/C13H13N2O4.Hg.H2O/c1-8(16)7-13(9-5-3-2-4-6-9)10(17)14-12(19)15-11(13)18;;/h2-6,8,16H,1,7H2,(H2,14,15,17,18,19);;1H2. The van der Waals surface area contributed by atoms with Gasteiger partial charge in [0, 0.05) is 0 Å². The maximum absolute atomic E-state index is 12.3. The number of amides is 4. The Balaban J connectivity index is 0.00000220. The van der Waals surface area contributed by atoms with Gasteiger partial charge in [-0.25, -0.2) is 0 Å². The summed E-state index contributed by atoms with van der Waals surface area (Å²) in [4.78, 5) is 35.8. The summed E-state index contributed by atoms with van der Waals surface area (Å²) in [6.45, 7) is 0. The van der Waals surface area contributed by atoms with Crippen molar-refractivity contribution in [3.8, 4) is 0 Å². The monoisotopic (exact) mass is 481 g/mol. The average Bonchev–Trinajstić information content (AvgIpc) is 2.43. The molecule has 5 N–H and O–H groups in total. The fourth-order valence-corrected chi connectivity index (χ4v) is 3.09. The van der Waals surface area contributed by atoms with Gasteiger partial charge in [0.15, 0.2) is 0 Å². The molecule has 1 heterocycles. The summed E-state index contributed by atoms with van der Waals surface area (Å²) in [5.74, 6) is -1.36. The van der Waals surface area contributed by atoms with Gasteiger partial charge in [-0.2, -0.15) is 0 Å². The molecule has 1 atom stereocenters. The molecule has 109 valence electrons. The van der Waals surface area contributed by atoms with Gasteiger partial charge in [-0.15, -0.1) is 0 Å². The van der Waals surface area contributed by atoms with Crippen LogP contribution in [0.15, 0.2) is 30.3 Å². The van der Waals surface area contributed by atoms with Gasteiger partial charge in [-0.3, -0.25) is 0 Å². The summed E-state index contributed by atoms with van der Waals surface area (Å²) in [7, 11) is 0. The molecule has 1 aromatic carbocycles. The molecule has 1 unspecified atom stereocenters. The van der Waals surface area contributed by atoms with Crippen LogP contribution in [0, 0.1) is 0 Å². The number of urea groups is 1. The van der Waals surface area contributed by atoms with Crippen molar-refractivity contribution in [1.82, 2.24) is 10.6 Å². The maximum atomic E-state index is 12.3. The van der Waals surface area contributed by atoms with Crippen LogP contribution in [0.3, 0.4) is 0 Å². The normalized spacial score (nSPS) is 18.3. The van der Waals surface area contributed by atoms with E-state index in [9.17, 15) is 19.5 Å². The minimum atomic E-state index is -1.55. The van der Waals surface area contributed by atoms with Gasteiger partial charge in [0.25, 0.3) is 0 Å². The number of carbonyl (C=O) groups excluding carboxylic acids is 3. The average molecular weight is 480 g/mol. The number of carbonyl (C=O) groups is 3. The molecule has 7 nitrogen and oxygen atoms in total. The zero-order valence-corrected chi connectivity index (χ0v) is 16.8. The van der Waals surface area contributed by atoms with Crippen molar-refractivity contribution >= 4 is 17.8 Å². The molecule has 0 spiro atoms. The van der Waals surface area contributed by atoms with E-state index in [1.165, 1.54) is 0 Å². The van der Waals surface area contributed by atoms with E-state index in [1.54, 1.807) is 30.3 Å². The van der Waals surface area contributed by atoms with Crippen LogP contribution in [0.25, 0.3) is 0 Å². The quantitative estimate of drug-likeness (QED) is 0.385. The molecule has 0 aromatic heterocycles. The van der Waals surface area contributed by atoms with E-state index in [0.29, 0.717) is 35.6 Å². The van der Waals surface area contributed by atoms with Crippen molar-refractivity contribution in [1.29, 1.82) is 0 Å². The predicted octanol–water partition coefficient (Wildman–Crippen LogP) is -0.818. The van der Waals surface area contributed by atoms with Crippen molar-refractivity contribution in [2.45, 2.75) is 21.9 Å². The molecule has 1 aliphatic rings. The topological polar surface area (TPSA) is 127 Å². The fourth-order valence-electron chi connectivity index (χ4n) is 2.30. The van der Waals surface area contributed by atoms with Crippen molar-refractivity contribution in [2.75, 3.05) is 0 Å². The third-order valence-corrected chi connectivity index (χ3v) is 5.96. The van der Waals surface area contributed by atoms with Crippen LogP contribution in [0.4, 0.5) is 4.79 Å². The second kappa shape index (κ2) is 7.10. The third-order valence-electron chi connectivity index (χ3n) is 3.37. The Morgan fingerprint density at radius 1 is 1.10 bits per heavy atom. The summed E-state index contributed by atoms with van der Waals surface area (Å²) in [5, 5.41) is 14.2. The predicted molar refractivity (Wildman–Crippen MR) is 68.8 cm³/mol. The number of imide groups is 2. The SMILES string of the molecule is O.O=C1NC(=O)C(CC(O)[CH2][Hg])(c2ccccc2)C(=O)N1. The van der Waals surface area contributed by atoms with Gasteiger partial charge in [0.05, 0.1) is 0 Å². The van der Waals surface area contributed by atoms with E-state index in [-0.39, 0.29) is 11.9 Å². The Morgan fingerprint density at radius 2 is 1.62 bits per heavy atom. The van der Waals surface area contributed by atoms with E-state index in [0.717, 1.165) is 0 Å². The van der Waals surface area contributed by atoms with Crippen molar-refractivity contribution in [3.05, 3.63) is 35.9 Å². The Hall–Kier alpha value is -1.31. The number of benzene rings is 1. The first-order chi connectivity index (χ1) is 9.50. The summed E-state index contributed by atoms with van der Waals surface area (Å²) in [6, 6.07) is 7.68. The molecular weight excluding hydrogens is 465 g/mol. The molecular formula is C13H15HgN2O5. The molecule has 21 heavy (non-hydrogen) atoms. The van der Waals surface area contributed by atoms with E-state index in [2.05, 4.69) is 10.6 Å². The number of hydrogen-bond donors (Lipinski definition) is 3. The second-order valence-corrected chi connectivity index (χ2v) is 6.90. The van der Waals surface area contributed by atoms with Gasteiger partial charge in [0.1, 0.15) is 0 Å². The van der Waals surface area contributed by atoms with Crippen molar-refractivity contribution < 1.29 is 51.1 Å². The Morgan fingerprint density at radius 3 is 2.10 bits per heavy atom. The molecule has 0 bridgehead atoms. The van der Waals surface area contributed by atoms with Crippen LogP contribution in [0.1, 0.15) is 12.0 Å². The Bertz CT molecular complexity index is 529. The van der Waals surface area contributed by atoms with E-state index < -0.39 is 29.4 Å². The van der Waals surface area contributed by atoms with Gasteiger partial charge in [0.2, 0.25) is 0 Å². The van der Waals surface area contributed by atoms with Gasteiger partial charge in [-0.05, 0) is 0 Å². The van der Waals surface area contributed by atoms with Crippen LogP contribution in [-0.2, 0) is 41.1 Å². The summed E-state index contributed by atoms with van der Waals surface area (Å²) in [6.07, 6.45) is -0.755. The summed E-state index contributed by atoms with van der Waals surface area (Å²) < 4.78 is 0.600. The van der Waals surface area contributed by atoms with Gasteiger partial charge >= 0.3 is 132 Å². The number of rotatable bonds is 4. The van der Waals surface area contributed by atoms with Crippen molar-refractivity contribution in [3.63, 3.8) is 0 Å². The zero-order chi connectivity index (χ0) is 14.8. The molecule has 0 saturated carbocycles. The zero-order valence-electron chi connectivity index (χ0n) is 11.3. The Labute approximate surface area is 137 Å². The first kappa shape index (κ1) is 17.7. The van der Waals surface area contributed by atoms with Crippen LogP contribution < -0.4 is 10.6 Å². The number of nitrogens with one attached hydrogen (secondary N) is 2. The number of aliphatic hydroxyl groups is 1. The van der Waals surface area contributed by atoms with Gasteiger partial charge in [-0.1, -0.05) is 0 Å². The molecule has 1 saturated heterocycles. The second-order valence-electron chi connectivity index (χ2n) is 4.66. The van der Waals surface area contributed by atoms with Crippen molar-refractivity contribution in [2.24, 2.45) is 0 Å². The van der Waals surface area contributed by atoms with Gasteiger partial charge < -0.3 is 5.48 Å². The molecule has 8 heteroatoms. The molecule has 1 aliphatic heterocycles. The Kier molecular flexibility index (Phi) is 6.00. The first-order valence-electron chi connectivity index (χ1n) is 6.20. The molecule has 0 aliphatic carbocycles. The van der Waals surface area contributed by atoms with Crippen LogP contribution in [0.2, 0.25) is 3.93 Å². The van der Waals surface area contributed by atoms with Crippen LogP contribution in [-0.4, -0.2) is 34.5 Å². The van der Waals surface area contributed by atoms with E-state index in [4.69, 9.17) is 0 Å². The first-order valence-corrected chi connectivity index (χ1v) is 10.1. The summed E-state index contributed by atoms with van der Waals surface area (Å²) >= 11 is 0.354. The number of hydrogen-bond acceptors (Lipinski definition) is 4. The number of barbiturate groups is 1.